The molecule has 3 N–H and O–H groups in total. The number of hydrogen-bond acceptors (Lipinski definition) is 5. The molecule has 7 nitrogen and oxygen atoms in total. The summed E-state index contributed by atoms with van der Waals surface area (Å²) >= 11 is 0. The Morgan fingerprint density at radius 1 is 1.22 bits per heavy atom. The van der Waals surface area contributed by atoms with Gasteiger partial charge >= 0.3 is 0 Å². The summed E-state index contributed by atoms with van der Waals surface area (Å²) in [5.41, 5.74) is 5.31. The summed E-state index contributed by atoms with van der Waals surface area (Å²) in [4.78, 5) is 25.2. The largest absolute Gasteiger partial charge is 0.504 e. The molecule has 7 heteroatoms. The number of hydrogen-bond donors (Lipinski definition) is 3. The van der Waals surface area contributed by atoms with Gasteiger partial charge in [-0.15, -0.1) is 6.58 Å². The Kier molecular flexibility index (Phi) is 9.01. The van der Waals surface area contributed by atoms with Gasteiger partial charge in [-0.25, -0.2) is 5.43 Å². The highest BCUT2D eigenvalue weighted by atomic mass is 16.5. The van der Waals surface area contributed by atoms with Crippen molar-refractivity contribution in [2.75, 3.05) is 6.61 Å². The molecule has 1 atom stereocenters. The van der Waals surface area contributed by atoms with Crippen LogP contribution in [0.4, 0.5) is 0 Å². The lowest BCUT2D eigenvalue weighted by atomic mass is 10.0. The van der Waals surface area contributed by atoms with Crippen molar-refractivity contribution in [1.29, 1.82) is 0 Å². The van der Waals surface area contributed by atoms with Crippen LogP contribution in [0.3, 0.4) is 0 Å². The second-order valence-electron chi connectivity index (χ2n) is 7.75. The molecule has 2 aromatic rings. The zero-order valence-electron chi connectivity index (χ0n) is 19.0. The molecular formula is C25H31N3O4. The van der Waals surface area contributed by atoms with E-state index in [9.17, 15) is 14.7 Å². The number of nitrogens with zero attached hydrogens (tertiary/aromatic N) is 1. The molecule has 0 saturated carbocycles. The Bertz CT molecular complexity index is 981. The number of aryl methyl sites for hydroxylation is 1. The van der Waals surface area contributed by atoms with Gasteiger partial charge in [0.15, 0.2) is 11.5 Å². The zero-order valence-corrected chi connectivity index (χ0v) is 19.0. The van der Waals surface area contributed by atoms with E-state index in [-0.39, 0.29) is 17.6 Å². The van der Waals surface area contributed by atoms with Crippen molar-refractivity contribution in [3.63, 3.8) is 0 Å². The molecule has 0 saturated heterocycles. The SMILES string of the molecule is C=CCc1cc(/C=N/NC(=O)C(NC(=O)c2ccc(C)cc2)C(C)C)cc(OCC)c1O. The van der Waals surface area contributed by atoms with Crippen LogP contribution in [-0.2, 0) is 11.2 Å². The number of allylic oxidation sites excluding steroid dienone is 1. The van der Waals surface area contributed by atoms with E-state index < -0.39 is 11.9 Å². The van der Waals surface area contributed by atoms with Gasteiger partial charge in [-0.2, -0.15) is 5.10 Å². The number of hydrazone groups is 1. The highest BCUT2D eigenvalue weighted by molar-refractivity contribution is 5.97. The van der Waals surface area contributed by atoms with E-state index in [1.807, 2.05) is 39.8 Å². The van der Waals surface area contributed by atoms with Crippen molar-refractivity contribution in [3.05, 3.63) is 71.3 Å². The minimum Gasteiger partial charge on any atom is -0.504 e. The third-order valence-electron chi connectivity index (χ3n) is 4.78. The minimum absolute atomic E-state index is 0.0617. The number of ether oxygens (including phenoxy) is 1. The second-order valence-corrected chi connectivity index (χ2v) is 7.75. The van der Waals surface area contributed by atoms with Crippen LogP contribution in [0, 0.1) is 12.8 Å². The minimum atomic E-state index is -0.754. The van der Waals surface area contributed by atoms with E-state index in [1.54, 1.807) is 30.3 Å². The Hall–Kier alpha value is -3.61. The first-order valence-electron chi connectivity index (χ1n) is 10.6. The van der Waals surface area contributed by atoms with Crippen molar-refractivity contribution in [2.45, 2.75) is 40.2 Å². The van der Waals surface area contributed by atoms with Gasteiger partial charge in [-0.1, -0.05) is 37.6 Å². The van der Waals surface area contributed by atoms with Crippen LogP contribution < -0.4 is 15.5 Å². The van der Waals surface area contributed by atoms with Gasteiger partial charge in [0.1, 0.15) is 6.04 Å². The number of phenolic OH excluding ortho intramolecular Hbond substituents is 1. The molecular weight excluding hydrogens is 406 g/mol. The molecule has 0 aliphatic rings. The molecule has 2 aromatic carbocycles. The quantitative estimate of drug-likeness (QED) is 0.300. The summed E-state index contributed by atoms with van der Waals surface area (Å²) in [6, 6.07) is 9.77. The predicted octanol–water partition coefficient (Wildman–Crippen LogP) is 3.73. The molecule has 0 spiro atoms. The van der Waals surface area contributed by atoms with Gasteiger partial charge in [-0.3, -0.25) is 9.59 Å². The molecule has 2 amide bonds. The van der Waals surface area contributed by atoms with Crippen LogP contribution in [-0.4, -0.2) is 35.8 Å². The summed E-state index contributed by atoms with van der Waals surface area (Å²) in [5.74, 6) is -0.489. The Balaban J connectivity index is 2.11. The normalized spacial score (nSPS) is 11.9. The molecule has 0 aliphatic carbocycles. The first-order valence-corrected chi connectivity index (χ1v) is 10.6. The summed E-state index contributed by atoms with van der Waals surface area (Å²) in [5, 5.41) is 17.1. The standard InChI is InChI=1S/C25H31N3O4/c1-6-8-20-13-18(14-21(23(20)29)32-7-2)15-26-28-25(31)22(16(3)4)27-24(30)19-11-9-17(5)10-12-19/h6,9-16,22,29H,1,7-8H2,2-5H3,(H,27,30)(H,28,31)/b26-15+. The van der Waals surface area contributed by atoms with E-state index in [0.29, 0.717) is 35.5 Å². The number of carbonyl (C=O) groups excluding carboxylic acids is 2. The van der Waals surface area contributed by atoms with Crippen LogP contribution in [0.1, 0.15) is 47.8 Å². The molecule has 2 rings (SSSR count). The number of amides is 2. The van der Waals surface area contributed by atoms with Crippen molar-refractivity contribution >= 4 is 18.0 Å². The summed E-state index contributed by atoms with van der Waals surface area (Å²) in [6.45, 7) is 11.6. The maximum Gasteiger partial charge on any atom is 0.262 e. The third kappa shape index (κ3) is 6.70. The lowest BCUT2D eigenvalue weighted by molar-refractivity contribution is -0.123. The highest BCUT2D eigenvalue weighted by Crippen LogP contribution is 2.31. The monoisotopic (exact) mass is 437 g/mol. The molecule has 32 heavy (non-hydrogen) atoms. The third-order valence-corrected chi connectivity index (χ3v) is 4.78. The van der Waals surface area contributed by atoms with E-state index in [2.05, 4.69) is 22.4 Å². The van der Waals surface area contributed by atoms with Gasteiger partial charge in [0.2, 0.25) is 0 Å². The maximum absolute atomic E-state index is 12.7. The summed E-state index contributed by atoms with van der Waals surface area (Å²) in [7, 11) is 0. The van der Waals surface area contributed by atoms with Crippen molar-refractivity contribution < 1.29 is 19.4 Å². The van der Waals surface area contributed by atoms with Gasteiger partial charge in [0.25, 0.3) is 11.8 Å². The number of phenols is 1. The smallest absolute Gasteiger partial charge is 0.262 e. The van der Waals surface area contributed by atoms with Crippen molar-refractivity contribution in [2.24, 2.45) is 11.0 Å². The Labute approximate surface area is 189 Å². The second kappa shape index (κ2) is 11.7. The van der Waals surface area contributed by atoms with E-state index in [1.165, 1.54) is 6.21 Å². The summed E-state index contributed by atoms with van der Waals surface area (Å²) in [6.07, 6.45) is 3.60. The molecule has 0 aromatic heterocycles. The van der Waals surface area contributed by atoms with Gasteiger partial charge < -0.3 is 15.2 Å². The van der Waals surface area contributed by atoms with Crippen LogP contribution in [0.5, 0.6) is 11.5 Å². The number of carbonyl (C=O) groups is 2. The molecule has 0 bridgehead atoms. The van der Waals surface area contributed by atoms with Gasteiger partial charge in [-0.05, 0) is 56.0 Å². The fraction of sp³-hybridized carbons (Fsp3) is 0.320. The van der Waals surface area contributed by atoms with Crippen LogP contribution in [0.15, 0.2) is 54.2 Å². The lowest BCUT2D eigenvalue weighted by Crippen LogP contribution is -2.48. The van der Waals surface area contributed by atoms with E-state index in [4.69, 9.17) is 4.74 Å². The predicted molar refractivity (Wildman–Crippen MR) is 126 cm³/mol. The van der Waals surface area contributed by atoms with E-state index >= 15 is 0 Å². The average Bonchev–Trinajstić information content (AvgIpc) is 2.75. The topological polar surface area (TPSA) is 100 Å². The van der Waals surface area contributed by atoms with Crippen LogP contribution in [0.2, 0.25) is 0 Å². The van der Waals surface area contributed by atoms with Crippen molar-refractivity contribution in [3.8, 4) is 11.5 Å². The fourth-order valence-electron chi connectivity index (χ4n) is 3.04. The first kappa shape index (κ1) is 24.7. The molecule has 0 aliphatic heterocycles. The highest BCUT2D eigenvalue weighted by Gasteiger charge is 2.24. The molecule has 0 radical (unpaired) electrons. The lowest BCUT2D eigenvalue weighted by Gasteiger charge is -2.20. The summed E-state index contributed by atoms with van der Waals surface area (Å²) < 4.78 is 5.47. The number of nitrogens with one attached hydrogen (secondary N) is 2. The van der Waals surface area contributed by atoms with Crippen LogP contribution in [0.25, 0.3) is 0 Å². The molecule has 1 unspecified atom stereocenters. The van der Waals surface area contributed by atoms with Gasteiger partial charge in [0.05, 0.1) is 12.8 Å². The molecule has 0 heterocycles. The van der Waals surface area contributed by atoms with Crippen molar-refractivity contribution in [1.82, 2.24) is 10.7 Å². The maximum atomic E-state index is 12.7. The fourth-order valence-corrected chi connectivity index (χ4v) is 3.04. The number of rotatable bonds is 10. The number of benzene rings is 2. The van der Waals surface area contributed by atoms with Gasteiger partial charge in [0, 0.05) is 11.1 Å². The zero-order chi connectivity index (χ0) is 23.7. The first-order chi connectivity index (χ1) is 15.3. The Morgan fingerprint density at radius 3 is 2.50 bits per heavy atom. The van der Waals surface area contributed by atoms with Crippen LogP contribution >= 0.6 is 0 Å². The number of aromatic hydroxyl groups is 1. The molecule has 0 fully saturated rings. The van der Waals surface area contributed by atoms with E-state index in [0.717, 1.165) is 5.56 Å². The molecule has 170 valence electrons. The Morgan fingerprint density at radius 2 is 1.91 bits per heavy atom. The average molecular weight is 438 g/mol.